The summed E-state index contributed by atoms with van der Waals surface area (Å²) < 4.78 is 42.2. The molecular weight excluding hydrogens is 1660 g/mol. The van der Waals surface area contributed by atoms with Crippen molar-refractivity contribution in [3.8, 4) is 94.7 Å². The molecule has 0 aliphatic carbocycles. The molecule has 0 saturated carbocycles. The van der Waals surface area contributed by atoms with Gasteiger partial charge in [-0.05, 0) is 329 Å². The molecule has 14 aromatic rings. The van der Waals surface area contributed by atoms with E-state index in [1.54, 1.807) is 0 Å². The van der Waals surface area contributed by atoms with Gasteiger partial charge in [-0.3, -0.25) is 0 Å². The van der Waals surface area contributed by atoms with E-state index in [0.29, 0.717) is 10.9 Å². The highest BCUT2D eigenvalue weighted by molar-refractivity contribution is 7.00. The van der Waals surface area contributed by atoms with Gasteiger partial charge in [0.15, 0.2) is 0 Å². The summed E-state index contributed by atoms with van der Waals surface area (Å²) in [4.78, 5) is 0. The first-order valence-electron chi connectivity index (χ1n) is 54.6. The van der Waals surface area contributed by atoms with Gasteiger partial charge in [-0.25, -0.2) is 0 Å². The molecular formula is C134H164BN3. The summed E-state index contributed by atoms with van der Waals surface area (Å²) in [5.41, 5.74) is 49.4. The topological polar surface area (TPSA) is 29.0 Å². The maximum atomic E-state index is 10.4. The number of rotatable bonds is 21. The van der Waals surface area contributed by atoms with Crippen LogP contribution in [0.4, 0.5) is 22.7 Å². The number of para-hydroxylation sites is 1. The van der Waals surface area contributed by atoms with Crippen LogP contribution in [0.3, 0.4) is 0 Å². The van der Waals surface area contributed by atoms with Crippen molar-refractivity contribution in [3.05, 3.63) is 295 Å². The number of hydrogen-bond donors (Lipinski definition) is 2. The van der Waals surface area contributed by atoms with Gasteiger partial charge in [0.1, 0.15) is 0 Å². The lowest BCUT2D eigenvalue weighted by Crippen LogP contribution is -2.59. The molecule has 0 spiro atoms. The summed E-state index contributed by atoms with van der Waals surface area (Å²) in [5, 5.41) is 10.6. The van der Waals surface area contributed by atoms with E-state index < -0.39 is 6.71 Å². The fraction of sp³-hybridized carbons (Fsp3) is 0.418. The van der Waals surface area contributed by atoms with E-state index in [1.807, 2.05) is 0 Å². The van der Waals surface area contributed by atoms with Gasteiger partial charge in [0.05, 0.1) is 22.2 Å². The Balaban J connectivity index is 1.23. The Hall–Kier alpha value is -10.7. The molecule has 0 fully saturated rings. The van der Waals surface area contributed by atoms with Gasteiger partial charge in [-0.1, -0.05) is 428 Å². The van der Waals surface area contributed by atoms with Gasteiger partial charge in [-0.2, -0.15) is 0 Å². The van der Waals surface area contributed by atoms with Crippen molar-refractivity contribution < 1.29 is 5.48 Å². The Morgan fingerprint density at radius 3 is 0.797 bits per heavy atom. The maximum Gasteiger partial charge on any atom is 0.252 e. The Morgan fingerprint density at radius 1 is 0.254 bits per heavy atom. The first-order chi connectivity index (χ1) is 66.2. The quantitative estimate of drug-likeness (QED) is 0.0702. The number of benzene rings is 13. The van der Waals surface area contributed by atoms with Gasteiger partial charge in [0, 0.05) is 44.6 Å². The first kappa shape index (κ1) is 94.9. The monoisotopic (exact) mass is 1830 g/mol. The molecule has 0 unspecified atom stereocenters. The number of anilines is 4. The molecule has 3 heterocycles. The molecule has 2 aliphatic heterocycles. The normalized spacial score (nSPS) is 13.7. The third-order valence-corrected chi connectivity index (χ3v) is 30.7. The first-order valence-corrected chi connectivity index (χ1v) is 52.6. The molecule has 0 saturated heterocycles. The van der Waals surface area contributed by atoms with Gasteiger partial charge in [0.25, 0.3) is 6.71 Å². The van der Waals surface area contributed by atoms with Gasteiger partial charge >= 0.3 is 0 Å². The van der Waals surface area contributed by atoms with Crippen LogP contribution >= 0.6 is 0 Å². The van der Waals surface area contributed by atoms with E-state index in [0.717, 1.165) is 94.7 Å². The van der Waals surface area contributed by atoms with Crippen molar-refractivity contribution in [2.75, 3.05) is 10.6 Å². The molecule has 718 valence electrons. The predicted octanol–water partition coefficient (Wildman–Crippen LogP) is 38.7. The Morgan fingerprint density at radius 2 is 0.529 bits per heavy atom. The molecule has 0 atom stereocenters. The molecule has 0 bridgehead atoms. The zero-order valence-corrected chi connectivity index (χ0v) is 91.7. The number of fused-ring (bicyclic) bond motifs is 7. The second-order valence-corrected chi connectivity index (χ2v) is 50.4. The van der Waals surface area contributed by atoms with E-state index in [2.05, 4.69) is 461 Å². The summed E-state index contributed by atoms with van der Waals surface area (Å²) in [7, 11) is 0. The SMILES string of the molecule is [2H]c1c([2H])c([2H])c2c(c1[2H])c1cc(C(C)(C)C)ccc1n2-c1cc2c3c(c1)Nc1c(cc(-c4cc(C(C)(C)C)cc(C(C)(C)C)c4)cc1-c1c(-c4c(C(C)C)cc(C(C)C)cc4C(C)C)cccc1-c1c(C(C)C)cc(C(C)C)cc1C(C)C)B3c1cc(-c3cc(C(C)(C)C)cc(C(C)(C)C)c3)cc(-c3c(-c4c(C(C)C)cc(C(C)C)cc4C(C)C)cccc3-c3c(C(C)C)cc(C(C)C)cc3C(C)C)c1N2. The van der Waals surface area contributed by atoms with Crippen molar-refractivity contribution in [2.45, 2.75) is 368 Å². The van der Waals surface area contributed by atoms with E-state index in [1.165, 1.54) is 145 Å². The van der Waals surface area contributed by atoms with Crippen LogP contribution in [0.2, 0.25) is 0 Å². The molecule has 138 heavy (non-hydrogen) atoms. The molecule has 4 heteroatoms. The second-order valence-electron chi connectivity index (χ2n) is 50.4. The second kappa shape index (κ2) is 37.1. The van der Waals surface area contributed by atoms with Gasteiger partial charge < -0.3 is 15.2 Å². The number of aromatic nitrogens is 1. The maximum absolute atomic E-state index is 10.4. The summed E-state index contributed by atoms with van der Waals surface area (Å²) in [5.74, 6) is 2.27. The summed E-state index contributed by atoms with van der Waals surface area (Å²) in [6.45, 7) is 92.3. The van der Waals surface area contributed by atoms with Crippen LogP contribution in [-0.4, -0.2) is 11.3 Å². The van der Waals surface area contributed by atoms with Crippen molar-refractivity contribution >= 4 is 67.7 Å². The standard InChI is InChI=1S/C134H164BN3/c1-73(2)85-56-104(77(9)10)123(105(57-85)78(11)12)100-45-42-46-101(124-106(79(13)14)58-86(74(3)4)59-107(124)80(15)16)121(100)113-64-91(89-52-94(131(28,29)30)68-95(53-89)132(31,32)33)66-115-128(113)136-117-71-98(138-119-49-41-40-44-99(119)112-70-93(130(25,26)27)50-51-120(112)138)72-118-127(117)135(115)116-67-92(90-54-96(133(34,35)36)69-97(55-90)134(37,38)39)65-114(129(116)137-118)122-102(125-108(81(17)18)60-87(75(5)6)61-109(125)82(19)20)47-43-48-103(122)126-110(83(21)22)62-88(76(7)8)63-111(126)84(23)24/h40-84,136-137H,1-39H3/i40D,41D,44D,49D. The predicted molar refractivity (Wildman–Crippen MR) is 611 cm³/mol. The van der Waals surface area contributed by atoms with Gasteiger partial charge in [-0.15, -0.1) is 0 Å². The van der Waals surface area contributed by atoms with Crippen LogP contribution in [0, 0.1) is 0 Å². The minimum Gasteiger partial charge on any atom is -0.356 e. The van der Waals surface area contributed by atoms with Crippen LogP contribution in [0.15, 0.2) is 200 Å². The zero-order valence-electron chi connectivity index (χ0n) is 95.7. The average Bonchev–Trinajstić information content (AvgIpc) is 1.38. The van der Waals surface area contributed by atoms with Crippen LogP contribution < -0.4 is 27.0 Å². The molecule has 3 nitrogen and oxygen atoms in total. The third kappa shape index (κ3) is 18.5. The van der Waals surface area contributed by atoms with Crippen LogP contribution in [-0.2, 0) is 27.1 Å². The Bertz CT molecular complexity index is 6620. The van der Waals surface area contributed by atoms with Crippen LogP contribution in [0.5, 0.6) is 0 Å². The smallest absolute Gasteiger partial charge is 0.252 e. The minimum atomic E-state index is -0.517. The molecule has 0 amide bonds. The van der Waals surface area contributed by atoms with Crippen molar-refractivity contribution in [1.29, 1.82) is 0 Å². The Labute approximate surface area is 840 Å². The van der Waals surface area contributed by atoms with E-state index in [4.69, 9.17) is 0 Å². The molecule has 2 N–H and O–H groups in total. The number of nitrogens with one attached hydrogen (secondary N) is 2. The fourth-order valence-electron chi connectivity index (χ4n) is 22.2. The molecule has 2 aliphatic rings. The average molecular weight is 1830 g/mol. The van der Waals surface area contributed by atoms with E-state index in [9.17, 15) is 5.48 Å². The highest BCUT2D eigenvalue weighted by atomic mass is 15.0. The highest BCUT2D eigenvalue weighted by Crippen LogP contribution is 2.57. The van der Waals surface area contributed by atoms with Crippen LogP contribution in [0.1, 0.15) is 441 Å². The van der Waals surface area contributed by atoms with Gasteiger partial charge in [0.2, 0.25) is 0 Å². The molecule has 1 aromatic heterocycles. The largest absolute Gasteiger partial charge is 0.356 e. The number of hydrogen-bond acceptors (Lipinski definition) is 2. The molecule has 16 rings (SSSR count). The van der Waals surface area contributed by atoms with E-state index >= 15 is 0 Å². The third-order valence-electron chi connectivity index (χ3n) is 30.7. The van der Waals surface area contributed by atoms with Crippen molar-refractivity contribution in [3.63, 3.8) is 0 Å². The summed E-state index contributed by atoms with van der Waals surface area (Å²) >= 11 is 0. The fourth-order valence-corrected chi connectivity index (χ4v) is 22.2. The molecule has 0 radical (unpaired) electrons. The lowest BCUT2D eigenvalue weighted by atomic mass is 9.33. The Kier molecular flexibility index (Phi) is 25.5. The lowest BCUT2D eigenvalue weighted by Gasteiger charge is -2.39. The van der Waals surface area contributed by atoms with Crippen molar-refractivity contribution in [2.24, 2.45) is 0 Å². The van der Waals surface area contributed by atoms with Crippen molar-refractivity contribution in [1.82, 2.24) is 4.57 Å². The van der Waals surface area contributed by atoms with Crippen LogP contribution in [0.25, 0.3) is 117 Å². The molecule has 13 aromatic carbocycles. The lowest BCUT2D eigenvalue weighted by molar-refractivity contribution is 0.568. The summed E-state index contributed by atoms with van der Waals surface area (Å²) in [6, 6.07) is 71.5. The zero-order chi connectivity index (χ0) is 104. The summed E-state index contributed by atoms with van der Waals surface area (Å²) in [6.07, 6.45) is 0. The highest BCUT2D eigenvalue weighted by Gasteiger charge is 2.44. The van der Waals surface area contributed by atoms with E-state index in [-0.39, 0.29) is 122 Å². The minimum absolute atomic E-state index is 0.0557. The number of nitrogens with zero attached hydrogens (tertiary/aromatic N) is 1.